The van der Waals surface area contributed by atoms with Gasteiger partial charge in [-0.3, -0.25) is 4.90 Å². The van der Waals surface area contributed by atoms with Crippen molar-refractivity contribution in [3.63, 3.8) is 0 Å². The van der Waals surface area contributed by atoms with Gasteiger partial charge in [-0.05, 0) is 42.5 Å². The van der Waals surface area contributed by atoms with Crippen molar-refractivity contribution in [2.45, 2.75) is 46.4 Å². The number of hydrogen-bond acceptors (Lipinski definition) is 3. The van der Waals surface area contributed by atoms with Crippen LogP contribution in [0.1, 0.15) is 37.0 Å². The summed E-state index contributed by atoms with van der Waals surface area (Å²) in [5.74, 6) is 0.654. The molecule has 0 aliphatic heterocycles. The van der Waals surface area contributed by atoms with Crippen LogP contribution in [0.15, 0.2) is 54.6 Å². The summed E-state index contributed by atoms with van der Waals surface area (Å²) >= 11 is 0. The quantitative estimate of drug-likeness (QED) is 0.648. The van der Waals surface area contributed by atoms with E-state index in [1.165, 1.54) is 11.1 Å². The molecule has 2 aromatic carbocycles. The van der Waals surface area contributed by atoms with Gasteiger partial charge < -0.3 is 9.84 Å². The third-order valence-electron chi connectivity index (χ3n) is 4.57. The second-order valence-electron chi connectivity index (χ2n) is 7.50. The van der Waals surface area contributed by atoms with Crippen LogP contribution < -0.4 is 0 Å². The average molecular weight is 356 g/mol. The number of rotatable bonds is 11. The average Bonchev–Trinajstić information content (AvgIpc) is 2.62. The second-order valence-corrected chi connectivity index (χ2v) is 7.50. The molecule has 0 aromatic heterocycles. The molecule has 142 valence electrons. The summed E-state index contributed by atoms with van der Waals surface area (Å²) in [6.45, 7) is 10.0. The molecule has 0 saturated carbocycles. The van der Waals surface area contributed by atoms with Gasteiger partial charge in [0.25, 0.3) is 0 Å². The zero-order valence-electron chi connectivity index (χ0n) is 16.4. The first kappa shape index (κ1) is 20.6. The number of aliphatic hydroxyl groups is 1. The highest BCUT2D eigenvalue weighted by molar-refractivity contribution is 5.25. The van der Waals surface area contributed by atoms with Gasteiger partial charge in [0.2, 0.25) is 0 Å². The Kier molecular flexibility index (Phi) is 8.82. The molecule has 0 radical (unpaired) electrons. The van der Waals surface area contributed by atoms with E-state index in [2.05, 4.69) is 49.9 Å². The molecular weight excluding hydrogens is 322 g/mol. The Labute approximate surface area is 158 Å². The van der Waals surface area contributed by atoms with Crippen molar-refractivity contribution in [2.75, 3.05) is 19.7 Å². The number of aryl methyl sites for hydroxylation is 1. The van der Waals surface area contributed by atoms with Gasteiger partial charge in [0, 0.05) is 13.1 Å². The minimum Gasteiger partial charge on any atom is -0.389 e. The van der Waals surface area contributed by atoms with Crippen LogP contribution in [-0.2, 0) is 17.9 Å². The molecule has 3 nitrogen and oxygen atoms in total. The Morgan fingerprint density at radius 3 is 2.38 bits per heavy atom. The van der Waals surface area contributed by atoms with Gasteiger partial charge in [0.05, 0.1) is 19.3 Å². The lowest BCUT2D eigenvalue weighted by Gasteiger charge is -2.26. The number of ether oxygens (including phenoxy) is 1. The Balaban J connectivity index is 1.85. The van der Waals surface area contributed by atoms with Crippen molar-refractivity contribution in [2.24, 2.45) is 5.92 Å². The Bertz CT molecular complexity index is 627. The van der Waals surface area contributed by atoms with Crippen molar-refractivity contribution in [3.05, 3.63) is 71.3 Å². The molecule has 1 atom stereocenters. The van der Waals surface area contributed by atoms with Gasteiger partial charge >= 0.3 is 0 Å². The largest absolute Gasteiger partial charge is 0.389 e. The van der Waals surface area contributed by atoms with Crippen LogP contribution in [0.25, 0.3) is 0 Å². The minimum atomic E-state index is -0.477. The topological polar surface area (TPSA) is 32.7 Å². The number of aliphatic hydroxyl groups excluding tert-OH is 1. The molecule has 26 heavy (non-hydrogen) atoms. The highest BCUT2D eigenvalue weighted by Crippen LogP contribution is 2.13. The van der Waals surface area contributed by atoms with Crippen molar-refractivity contribution >= 4 is 0 Å². The molecule has 0 unspecified atom stereocenters. The summed E-state index contributed by atoms with van der Waals surface area (Å²) in [5.41, 5.74) is 3.77. The lowest BCUT2D eigenvalue weighted by atomic mass is 10.1. The van der Waals surface area contributed by atoms with Crippen LogP contribution in [0.4, 0.5) is 0 Å². The van der Waals surface area contributed by atoms with Gasteiger partial charge in [-0.15, -0.1) is 0 Å². The third-order valence-corrected chi connectivity index (χ3v) is 4.57. The molecule has 0 bridgehead atoms. The molecule has 2 rings (SSSR count). The molecule has 0 aliphatic rings. The summed E-state index contributed by atoms with van der Waals surface area (Å²) in [4.78, 5) is 2.35. The molecule has 0 heterocycles. The van der Waals surface area contributed by atoms with Gasteiger partial charge in [-0.1, -0.05) is 68.4 Å². The lowest BCUT2D eigenvalue weighted by Crippen LogP contribution is -2.35. The van der Waals surface area contributed by atoms with Crippen LogP contribution in [0.5, 0.6) is 0 Å². The smallest absolute Gasteiger partial charge is 0.0900 e. The van der Waals surface area contributed by atoms with E-state index in [1.807, 2.05) is 30.3 Å². The molecule has 1 N–H and O–H groups in total. The first-order valence-corrected chi connectivity index (χ1v) is 9.61. The number of nitrogens with zero attached hydrogens (tertiary/aromatic N) is 1. The fraction of sp³-hybridized carbons (Fsp3) is 0.478. The summed E-state index contributed by atoms with van der Waals surface area (Å²) in [6.07, 6.45) is 0.651. The Hall–Kier alpha value is -1.68. The predicted molar refractivity (Wildman–Crippen MR) is 108 cm³/mol. The first-order valence-electron chi connectivity index (χ1n) is 9.61. The maximum absolute atomic E-state index is 10.4. The van der Waals surface area contributed by atoms with E-state index in [-0.39, 0.29) is 0 Å². The Morgan fingerprint density at radius 2 is 1.69 bits per heavy atom. The van der Waals surface area contributed by atoms with E-state index >= 15 is 0 Å². The van der Waals surface area contributed by atoms with E-state index in [0.717, 1.165) is 25.1 Å². The first-order chi connectivity index (χ1) is 12.5. The van der Waals surface area contributed by atoms with Crippen LogP contribution in [0, 0.1) is 12.8 Å². The molecule has 2 aromatic rings. The lowest BCUT2D eigenvalue weighted by molar-refractivity contribution is 0.00787. The van der Waals surface area contributed by atoms with Crippen LogP contribution >= 0.6 is 0 Å². The zero-order chi connectivity index (χ0) is 18.8. The molecule has 0 aliphatic carbocycles. The number of hydrogen-bond donors (Lipinski definition) is 1. The van der Waals surface area contributed by atoms with Crippen LogP contribution in [0.3, 0.4) is 0 Å². The van der Waals surface area contributed by atoms with Crippen molar-refractivity contribution < 1.29 is 9.84 Å². The third kappa shape index (κ3) is 7.69. The van der Waals surface area contributed by atoms with E-state index in [4.69, 9.17) is 4.74 Å². The van der Waals surface area contributed by atoms with E-state index in [0.29, 0.717) is 25.7 Å². The molecular formula is C23H33NO2. The van der Waals surface area contributed by atoms with Gasteiger partial charge in [-0.2, -0.15) is 0 Å². The van der Waals surface area contributed by atoms with Gasteiger partial charge in [-0.25, -0.2) is 0 Å². The predicted octanol–water partition coefficient (Wildman–Crippen LogP) is 4.42. The van der Waals surface area contributed by atoms with Gasteiger partial charge in [0.1, 0.15) is 0 Å². The van der Waals surface area contributed by atoms with E-state index in [9.17, 15) is 5.11 Å². The highest BCUT2D eigenvalue weighted by Gasteiger charge is 2.14. The highest BCUT2D eigenvalue weighted by atomic mass is 16.5. The fourth-order valence-electron chi connectivity index (χ4n) is 2.94. The monoisotopic (exact) mass is 355 g/mol. The standard InChI is InChI=1S/C23H33NO2/c1-19(2)13-14-24(15-22-12-8-7-9-20(22)3)16-23(25)18-26-17-21-10-5-4-6-11-21/h4-12,19,23,25H,13-18H2,1-3H3/t23-/m1/s1. The summed E-state index contributed by atoms with van der Waals surface area (Å²) in [5, 5.41) is 10.4. The summed E-state index contributed by atoms with van der Waals surface area (Å²) in [6, 6.07) is 18.6. The SMILES string of the molecule is Cc1ccccc1CN(CCC(C)C)C[C@@H](O)COCc1ccccc1. The van der Waals surface area contributed by atoms with E-state index in [1.54, 1.807) is 0 Å². The second kappa shape index (κ2) is 11.1. The van der Waals surface area contributed by atoms with Crippen LogP contribution in [-0.4, -0.2) is 35.8 Å². The molecule has 3 heteroatoms. The van der Waals surface area contributed by atoms with Crippen molar-refractivity contribution in [3.8, 4) is 0 Å². The maximum Gasteiger partial charge on any atom is 0.0900 e. The van der Waals surface area contributed by atoms with Crippen LogP contribution in [0.2, 0.25) is 0 Å². The molecule has 0 amide bonds. The maximum atomic E-state index is 10.4. The molecule has 0 spiro atoms. The van der Waals surface area contributed by atoms with Crippen molar-refractivity contribution in [1.29, 1.82) is 0 Å². The molecule has 0 saturated heterocycles. The fourth-order valence-corrected chi connectivity index (χ4v) is 2.94. The van der Waals surface area contributed by atoms with Gasteiger partial charge in [0.15, 0.2) is 0 Å². The number of benzene rings is 2. The molecule has 0 fully saturated rings. The van der Waals surface area contributed by atoms with E-state index < -0.39 is 6.10 Å². The minimum absolute atomic E-state index is 0.362. The summed E-state index contributed by atoms with van der Waals surface area (Å²) < 4.78 is 5.71. The summed E-state index contributed by atoms with van der Waals surface area (Å²) in [7, 11) is 0. The zero-order valence-corrected chi connectivity index (χ0v) is 16.4. The normalized spacial score (nSPS) is 12.7. The van der Waals surface area contributed by atoms with Crippen molar-refractivity contribution in [1.82, 2.24) is 4.90 Å². The Morgan fingerprint density at radius 1 is 1.00 bits per heavy atom.